The minimum absolute atomic E-state index is 0.0384. The first-order valence-electron chi connectivity index (χ1n) is 8.21. The molecule has 6 heteroatoms. The number of rotatable bonds is 3. The maximum atomic E-state index is 12.5. The minimum atomic E-state index is -0.470. The van der Waals surface area contributed by atoms with Crippen LogP contribution in [0.4, 0.5) is 5.69 Å². The monoisotopic (exact) mass is 359 g/mol. The van der Waals surface area contributed by atoms with Crippen molar-refractivity contribution in [3.05, 3.63) is 92.7 Å². The Morgan fingerprint density at radius 1 is 0.926 bits per heavy atom. The number of ketones is 2. The van der Waals surface area contributed by atoms with Crippen LogP contribution in [0.1, 0.15) is 32.0 Å². The van der Waals surface area contributed by atoms with Gasteiger partial charge < -0.3 is 4.42 Å². The standard InChI is InChI=1S/C21H13NO5/c1-12-6-7-13(22(25)26)10-17(12)19-9-8-14(27-19)11-18-20(23)15-4-2-3-5-16(15)21(18)24/h2-11H,1H3. The molecule has 0 aliphatic heterocycles. The number of fused-ring (bicyclic) bond motifs is 1. The lowest BCUT2D eigenvalue weighted by Gasteiger charge is -2.02. The van der Waals surface area contributed by atoms with Gasteiger partial charge >= 0.3 is 0 Å². The molecule has 4 rings (SSSR count). The van der Waals surface area contributed by atoms with Crippen LogP contribution in [0, 0.1) is 17.0 Å². The highest BCUT2D eigenvalue weighted by molar-refractivity contribution is 6.41. The van der Waals surface area contributed by atoms with Crippen molar-refractivity contribution in [3.63, 3.8) is 0 Å². The Labute approximate surface area is 153 Å². The second kappa shape index (κ2) is 6.17. The number of nitro groups is 1. The van der Waals surface area contributed by atoms with Crippen molar-refractivity contribution >= 4 is 23.3 Å². The van der Waals surface area contributed by atoms with E-state index in [1.54, 1.807) is 42.5 Å². The van der Waals surface area contributed by atoms with E-state index in [2.05, 4.69) is 0 Å². The van der Waals surface area contributed by atoms with E-state index in [1.807, 2.05) is 6.92 Å². The number of furan rings is 1. The van der Waals surface area contributed by atoms with Gasteiger partial charge in [0.15, 0.2) is 11.6 Å². The minimum Gasteiger partial charge on any atom is -0.457 e. The van der Waals surface area contributed by atoms with Gasteiger partial charge in [-0.25, -0.2) is 0 Å². The van der Waals surface area contributed by atoms with Crippen molar-refractivity contribution in [2.75, 3.05) is 0 Å². The third-order valence-corrected chi connectivity index (χ3v) is 4.52. The number of carbonyl (C=O) groups excluding carboxylic acids is 2. The number of carbonyl (C=O) groups is 2. The fourth-order valence-corrected chi connectivity index (χ4v) is 3.11. The molecule has 0 unspecified atom stereocenters. The Bertz CT molecular complexity index is 1120. The number of aryl methyl sites for hydroxylation is 1. The molecule has 1 heterocycles. The Balaban J connectivity index is 1.72. The molecule has 0 saturated carbocycles. The Kier molecular flexibility index (Phi) is 3.81. The van der Waals surface area contributed by atoms with Crippen LogP contribution >= 0.6 is 0 Å². The Morgan fingerprint density at radius 2 is 1.59 bits per heavy atom. The van der Waals surface area contributed by atoms with Gasteiger partial charge in [-0.3, -0.25) is 19.7 Å². The summed E-state index contributed by atoms with van der Waals surface area (Å²) >= 11 is 0. The van der Waals surface area contributed by atoms with Crippen molar-refractivity contribution < 1.29 is 18.9 Å². The lowest BCUT2D eigenvalue weighted by atomic mass is 10.1. The van der Waals surface area contributed by atoms with Gasteiger partial charge in [0, 0.05) is 28.8 Å². The van der Waals surface area contributed by atoms with Crippen LogP contribution in [0.15, 0.2) is 64.6 Å². The van der Waals surface area contributed by atoms with Crippen molar-refractivity contribution in [2.45, 2.75) is 6.92 Å². The number of hydrogen-bond donors (Lipinski definition) is 0. The third-order valence-electron chi connectivity index (χ3n) is 4.52. The van der Waals surface area contributed by atoms with Gasteiger partial charge in [0.2, 0.25) is 0 Å². The highest BCUT2D eigenvalue weighted by atomic mass is 16.6. The summed E-state index contributed by atoms with van der Waals surface area (Å²) in [4.78, 5) is 35.4. The molecule has 0 bridgehead atoms. The molecule has 1 aliphatic rings. The summed E-state index contributed by atoms with van der Waals surface area (Å²) in [6.45, 7) is 1.82. The quantitative estimate of drug-likeness (QED) is 0.294. The van der Waals surface area contributed by atoms with Gasteiger partial charge in [-0.05, 0) is 30.7 Å². The molecule has 0 atom stereocenters. The highest BCUT2D eigenvalue weighted by Crippen LogP contribution is 2.32. The number of non-ortho nitro benzene ring substituents is 1. The molecule has 132 valence electrons. The lowest BCUT2D eigenvalue weighted by molar-refractivity contribution is -0.384. The molecule has 2 aromatic carbocycles. The lowest BCUT2D eigenvalue weighted by Crippen LogP contribution is -1.99. The molecular weight excluding hydrogens is 346 g/mol. The summed E-state index contributed by atoms with van der Waals surface area (Å²) in [5.74, 6) is 0.0963. The highest BCUT2D eigenvalue weighted by Gasteiger charge is 2.32. The Hall–Kier alpha value is -3.80. The molecule has 6 nitrogen and oxygen atoms in total. The normalized spacial score (nSPS) is 13.0. The third kappa shape index (κ3) is 2.77. The fraction of sp³-hybridized carbons (Fsp3) is 0.0476. The number of nitrogens with zero attached hydrogens (tertiary/aromatic N) is 1. The van der Waals surface area contributed by atoms with Crippen LogP contribution < -0.4 is 0 Å². The van der Waals surface area contributed by atoms with Crippen LogP contribution in [-0.4, -0.2) is 16.5 Å². The summed E-state index contributed by atoms with van der Waals surface area (Å²) in [5, 5.41) is 11.0. The van der Waals surface area contributed by atoms with Crippen molar-refractivity contribution in [1.29, 1.82) is 0 Å². The van der Waals surface area contributed by atoms with Gasteiger partial charge in [-0.15, -0.1) is 0 Å². The molecule has 0 N–H and O–H groups in total. The van der Waals surface area contributed by atoms with E-state index in [9.17, 15) is 19.7 Å². The van der Waals surface area contributed by atoms with Gasteiger partial charge in [0.25, 0.3) is 5.69 Å². The molecule has 0 saturated heterocycles. The van der Waals surface area contributed by atoms with Gasteiger partial charge in [0.05, 0.1) is 10.5 Å². The zero-order valence-corrected chi connectivity index (χ0v) is 14.3. The van der Waals surface area contributed by atoms with Crippen LogP contribution in [0.3, 0.4) is 0 Å². The van der Waals surface area contributed by atoms with E-state index in [4.69, 9.17) is 4.42 Å². The van der Waals surface area contributed by atoms with E-state index in [-0.39, 0.29) is 22.8 Å². The smallest absolute Gasteiger partial charge is 0.270 e. The van der Waals surface area contributed by atoms with E-state index in [0.29, 0.717) is 28.2 Å². The number of Topliss-reactive ketones (excluding diaryl/α,β-unsaturated/α-hetero) is 2. The second-order valence-corrected chi connectivity index (χ2v) is 6.22. The van der Waals surface area contributed by atoms with Gasteiger partial charge in [-0.2, -0.15) is 0 Å². The van der Waals surface area contributed by atoms with Crippen LogP contribution in [0.25, 0.3) is 17.4 Å². The maximum Gasteiger partial charge on any atom is 0.270 e. The average molecular weight is 359 g/mol. The number of benzene rings is 2. The predicted molar refractivity (Wildman–Crippen MR) is 98.6 cm³/mol. The van der Waals surface area contributed by atoms with E-state index < -0.39 is 4.92 Å². The molecule has 0 spiro atoms. The summed E-state index contributed by atoms with van der Waals surface area (Å²) in [6.07, 6.45) is 1.42. The topological polar surface area (TPSA) is 90.4 Å². The van der Waals surface area contributed by atoms with Gasteiger partial charge in [-0.1, -0.05) is 30.3 Å². The summed E-state index contributed by atoms with van der Waals surface area (Å²) < 4.78 is 5.74. The number of nitro benzene ring substituents is 1. The molecule has 1 aliphatic carbocycles. The molecule has 27 heavy (non-hydrogen) atoms. The van der Waals surface area contributed by atoms with Crippen LogP contribution in [0.2, 0.25) is 0 Å². The van der Waals surface area contributed by atoms with Crippen molar-refractivity contribution in [2.24, 2.45) is 0 Å². The largest absolute Gasteiger partial charge is 0.457 e. The van der Waals surface area contributed by atoms with Gasteiger partial charge in [0.1, 0.15) is 11.5 Å². The number of hydrogen-bond acceptors (Lipinski definition) is 5. The van der Waals surface area contributed by atoms with E-state index >= 15 is 0 Å². The van der Waals surface area contributed by atoms with Crippen LogP contribution in [-0.2, 0) is 0 Å². The summed E-state index contributed by atoms with van der Waals surface area (Å²) in [7, 11) is 0. The predicted octanol–water partition coefficient (Wildman–Crippen LogP) is 4.63. The zero-order valence-electron chi connectivity index (χ0n) is 14.3. The van der Waals surface area contributed by atoms with E-state index in [1.165, 1.54) is 18.2 Å². The molecule has 0 radical (unpaired) electrons. The molecule has 0 amide bonds. The molecular formula is C21H13NO5. The Morgan fingerprint density at radius 3 is 2.22 bits per heavy atom. The summed E-state index contributed by atoms with van der Waals surface area (Å²) in [6, 6.07) is 14.5. The first-order chi connectivity index (χ1) is 13.0. The van der Waals surface area contributed by atoms with Crippen molar-refractivity contribution in [1.82, 2.24) is 0 Å². The molecule has 0 fully saturated rings. The van der Waals surface area contributed by atoms with Crippen molar-refractivity contribution in [3.8, 4) is 11.3 Å². The second-order valence-electron chi connectivity index (χ2n) is 6.22. The molecule has 1 aromatic heterocycles. The first-order valence-corrected chi connectivity index (χ1v) is 8.21. The average Bonchev–Trinajstić information content (AvgIpc) is 3.21. The maximum absolute atomic E-state index is 12.5. The van der Waals surface area contributed by atoms with E-state index in [0.717, 1.165) is 5.56 Å². The molecule has 3 aromatic rings. The zero-order chi connectivity index (χ0) is 19.1. The number of allylic oxidation sites excluding steroid dienone is 1. The first kappa shape index (κ1) is 16.7. The SMILES string of the molecule is Cc1ccc([N+](=O)[O-])cc1-c1ccc(C=C2C(=O)c3ccccc3C2=O)o1. The van der Waals surface area contributed by atoms with Crippen LogP contribution in [0.5, 0.6) is 0 Å². The summed E-state index contributed by atoms with van der Waals surface area (Å²) in [5.41, 5.74) is 2.18. The fourth-order valence-electron chi connectivity index (χ4n) is 3.11.